The van der Waals surface area contributed by atoms with Crippen LogP contribution in [0.1, 0.15) is 5.56 Å². The molecule has 3 rings (SSSR count). The number of nitrogens with one attached hydrogen (secondary N) is 1. The van der Waals surface area contributed by atoms with Gasteiger partial charge in [-0.25, -0.2) is 4.98 Å². The van der Waals surface area contributed by atoms with Gasteiger partial charge in [0.15, 0.2) is 11.5 Å². The first-order chi connectivity index (χ1) is 13.6. The fraction of sp³-hybridized carbons (Fsp3) is 0.333. The Balaban J connectivity index is 1.58. The normalized spacial score (nSPS) is 14.9. The lowest BCUT2D eigenvalue weighted by atomic mass is 10.2. The van der Waals surface area contributed by atoms with E-state index in [1.807, 2.05) is 24.3 Å². The monoisotopic (exact) mass is 382 g/mol. The largest absolute Gasteiger partial charge is 0.493 e. The summed E-state index contributed by atoms with van der Waals surface area (Å²) in [5.41, 5.74) is 1.51. The molecule has 0 radical (unpaired) electrons. The number of ether oxygens (including phenoxy) is 2. The molecule has 0 unspecified atom stereocenters. The zero-order valence-corrected chi connectivity index (χ0v) is 16.5. The standard InChI is InChI=1S/C21H26N4O3/c1-24-10-12-25(13-11-24)20-8-6-17(15-22-20)23-21(26)9-5-16-4-7-18(27-2)19(14-16)28-3/h4-9,14-15H,10-13H2,1-3H3,(H,23,26)/b9-5+. The van der Waals surface area contributed by atoms with E-state index < -0.39 is 0 Å². The van der Waals surface area contributed by atoms with Gasteiger partial charge in [-0.15, -0.1) is 0 Å². The average Bonchev–Trinajstić information content (AvgIpc) is 2.73. The summed E-state index contributed by atoms with van der Waals surface area (Å²) < 4.78 is 10.5. The number of aromatic nitrogens is 1. The van der Waals surface area contributed by atoms with Crippen LogP contribution < -0.4 is 19.7 Å². The van der Waals surface area contributed by atoms with Crippen LogP contribution in [0, 0.1) is 0 Å². The van der Waals surface area contributed by atoms with Gasteiger partial charge in [-0.1, -0.05) is 6.07 Å². The van der Waals surface area contributed by atoms with Crippen LogP contribution in [0.4, 0.5) is 11.5 Å². The van der Waals surface area contributed by atoms with Crippen molar-refractivity contribution in [3.63, 3.8) is 0 Å². The summed E-state index contributed by atoms with van der Waals surface area (Å²) in [5.74, 6) is 1.99. The van der Waals surface area contributed by atoms with Crippen LogP contribution >= 0.6 is 0 Å². The quantitative estimate of drug-likeness (QED) is 0.775. The van der Waals surface area contributed by atoms with E-state index in [0.29, 0.717) is 17.2 Å². The van der Waals surface area contributed by atoms with Gasteiger partial charge in [0.05, 0.1) is 26.1 Å². The molecule has 0 aliphatic carbocycles. The summed E-state index contributed by atoms with van der Waals surface area (Å²) >= 11 is 0. The van der Waals surface area contributed by atoms with Crippen molar-refractivity contribution >= 4 is 23.5 Å². The molecule has 1 saturated heterocycles. The third-order valence-electron chi connectivity index (χ3n) is 4.68. The lowest BCUT2D eigenvalue weighted by molar-refractivity contribution is -0.111. The van der Waals surface area contributed by atoms with Crippen LogP contribution in [-0.2, 0) is 4.79 Å². The number of likely N-dealkylation sites (N-methyl/N-ethyl adjacent to an activating group) is 1. The van der Waals surface area contributed by atoms with Gasteiger partial charge in [0, 0.05) is 32.3 Å². The van der Waals surface area contributed by atoms with Crippen molar-refractivity contribution in [2.75, 3.05) is 57.7 Å². The highest BCUT2D eigenvalue weighted by Crippen LogP contribution is 2.28. The number of hydrogen-bond acceptors (Lipinski definition) is 6. The highest BCUT2D eigenvalue weighted by Gasteiger charge is 2.15. The van der Waals surface area contributed by atoms with Crippen LogP contribution in [-0.4, -0.2) is 63.2 Å². The van der Waals surface area contributed by atoms with Crippen molar-refractivity contribution in [3.8, 4) is 11.5 Å². The van der Waals surface area contributed by atoms with Crippen LogP contribution in [0.3, 0.4) is 0 Å². The SMILES string of the molecule is COc1ccc(/C=C/C(=O)Nc2ccc(N3CCN(C)CC3)nc2)cc1OC. The van der Waals surface area contributed by atoms with E-state index in [9.17, 15) is 4.79 Å². The first-order valence-electron chi connectivity index (χ1n) is 9.19. The van der Waals surface area contributed by atoms with Crippen LogP contribution in [0.5, 0.6) is 11.5 Å². The third-order valence-corrected chi connectivity index (χ3v) is 4.68. The van der Waals surface area contributed by atoms with Crippen molar-refractivity contribution in [1.29, 1.82) is 0 Å². The molecule has 0 bridgehead atoms. The summed E-state index contributed by atoms with van der Waals surface area (Å²) in [6.45, 7) is 3.98. The average molecular weight is 382 g/mol. The summed E-state index contributed by atoms with van der Waals surface area (Å²) in [5, 5.41) is 2.83. The van der Waals surface area contributed by atoms with Gasteiger partial charge in [-0.2, -0.15) is 0 Å². The summed E-state index contributed by atoms with van der Waals surface area (Å²) in [6, 6.07) is 9.30. The van der Waals surface area contributed by atoms with Crippen LogP contribution in [0.15, 0.2) is 42.6 Å². The Morgan fingerprint density at radius 2 is 1.82 bits per heavy atom. The second kappa shape index (κ2) is 9.23. The minimum atomic E-state index is -0.219. The number of piperazine rings is 1. The molecule has 0 spiro atoms. The first-order valence-corrected chi connectivity index (χ1v) is 9.19. The molecule has 2 heterocycles. The number of rotatable bonds is 6. The Morgan fingerprint density at radius 1 is 1.07 bits per heavy atom. The highest BCUT2D eigenvalue weighted by atomic mass is 16.5. The van der Waals surface area contributed by atoms with Crippen LogP contribution in [0.25, 0.3) is 6.08 Å². The molecule has 1 fully saturated rings. The molecular weight excluding hydrogens is 356 g/mol. The lowest BCUT2D eigenvalue weighted by Gasteiger charge is -2.33. The predicted molar refractivity (Wildman–Crippen MR) is 111 cm³/mol. The number of pyridine rings is 1. The second-order valence-electron chi connectivity index (χ2n) is 6.63. The van der Waals surface area contributed by atoms with E-state index in [0.717, 1.165) is 37.6 Å². The number of nitrogens with zero attached hydrogens (tertiary/aromatic N) is 3. The Bertz CT molecular complexity index is 828. The van der Waals surface area contributed by atoms with E-state index in [4.69, 9.17) is 9.47 Å². The fourth-order valence-electron chi connectivity index (χ4n) is 2.99. The molecule has 0 saturated carbocycles. The third kappa shape index (κ3) is 5.01. The van der Waals surface area contributed by atoms with Crippen molar-refractivity contribution in [2.24, 2.45) is 0 Å². The molecule has 1 aromatic carbocycles. The lowest BCUT2D eigenvalue weighted by Crippen LogP contribution is -2.44. The highest BCUT2D eigenvalue weighted by molar-refractivity contribution is 6.01. The number of carbonyl (C=O) groups is 1. The van der Waals surface area contributed by atoms with Crippen molar-refractivity contribution in [3.05, 3.63) is 48.2 Å². The van der Waals surface area contributed by atoms with Gasteiger partial charge < -0.3 is 24.6 Å². The number of amides is 1. The molecule has 28 heavy (non-hydrogen) atoms. The van der Waals surface area contributed by atoms with Crippen molar-refractivity contribution in [1.82, 2.24) is 9.88 Å². The number of methoxy groups -OCH3 is 2. The van der Waals surface area contributed by atoms with Gasteiger partial charge in [0.2, 0.25) is 5.91 Å². The van der Waals surface area contributed by atoms with E-state index in [2.05, 4.69) is 27.1 Å². The van der Waals surface area contributed by atoms with E-state index in [-0.39, 0.29) is 5.91 Å². The molecular formula is C21H26N4O3. The molecule has 7 heteroatoms. The topological polar surface area (TPSA) is 66.9 Å². The van der Waals surface area contributed by atoms with E-state index in [1.165, 1.54) is 6.08 Å². The fourth-order valence-corrected chi connectivity index (χ4v) is 2.99. The zero-order chi connectivity index (χ0) is 19.9. The molecule has 148 valence electrons. The summed E-state index contributed by atoms with van der Waals surface area (Å²) in [6.07, 6.45) is 4.90. The van der Waals surface area contributed by atoms with Crippen molar-refractivity contribution < 1.29 is 14.3 Å². The maximum atomic E-state index is 12.2. The minimum Gasteiger partial charge on any atom is -0.493 e. The molecule has 1 aromatic heterocycles. The predicted octanol–water partition coefficient (Wildman–Crippen LogP) is 2.50. The number of anilines is 2. The molecule has 0 atom stereocenters. The Kier molecular flexibility index (Phi) is 6.49. The van der Waals surface area contributed by atoms with E-state index in [1.54, 1.807) is 32.6 Å². The van der Waals surface area contributed by atoms with Gasteiger partial charge in [0.25, 0.3) is 0 Å². The van der Waals surface area contributed by atoms with Gasteiger partial charge in [0.1, 0.15) is 5.82 Å². The molecule has 1 aliphatic rings. The van der Waals surface area contributed by atoms with Crippen LogP contribution in [0.2, 0.25) is 0 Å². The molecule has 1 amide bonds. The molecule has 7 nitrogen and oxygen atoms in total. The second-order valence-corrected chi connectivity index (χ2v) is 6.63. The van der Waals surface area contributed by atoms with Gasteiger partial charge in [-0.3, -0.25) is 4.79 Å². The summed E-state index contributed by atoms with van der Waals surface area (Å²) in [7, 11) is 5.29. The first kappa shape index (κ1) is 19.7. The Labute approximate surface area is 165 Å². The van der Waals surface area contributed by atoms with Gasteiger partial charge in [-0.05, 0) is 43.0 Å². The Morgan fingerprint density at radius 3 is 2.46 bits per heavy atom. The number of hydrogen-bond donors (Lipinski definition) is 1. The zero-order valence-electron chi connectivity index (χ0n) is 16.5. The van der Waals surface area contributed by atoms with Gasteiger partial charge >= 0.3 is 0 Å². The van der Waals surface area contributed by atoms with Crippen molar-refractivity contribution in [2.45, 2.75) is 0 Å². The number of benzene rings is 1. The Hall–Kier alpha value is -3.06. The smallest absolute Gasteiger partial charge is 0.248 e. The molecule has 1 N–H and O–H groups in total. The maximum Gasteiger partial charge on any atom is 0.248 e. The number of carbonyl (C=O) groups excluding carboxylic acids is 1. The summed E-state index contributed by atoms with van der Waals surface area (Å²) in [4.78, 5) is 21.2. The maximum absolute atomic E-state index is 12.2. The molecule has 1 aliphatic heterocycles. The van der Waals surface area contributed by atoms with E-state index >= 15 is 0 Å². The minimum absolute atomic E-state index is 0.219. The molecule has 2 aromatic rings.